The summed E-state index contributed by atoms with van der Waals surface area (Å²) in [6, 6.07) is 6.43. The van der Waals surface area contributed by atoms with Gasteiger partial charge in [0.15, 0.2) is 12.6 Å². The van der Waals surface area contributed by atoms with Crippen LogP contribution >= 0.6 is 0 Å². The summed E-state index contributed by atoms with van der Waals surface area (Å²) in [4.78, 5) is 17.6. The first-order chi connectivity index (χ1) is 12.6. The van der Waals surface area contributed by atoms with Crippen molar-refractivity contribution in [2.24, 2.45) is 4.99 Å². The van der Waals surface area contributed by atoms with Gasteiger partial charge in [0, 0.05) is 20.1 Å². The van der Waals surface area contributed by atoms with E-state index in [-0.39, 0.29) is 24.2 Å². The number of rotatable bonds is 8. The molecule has 0 saturated carbocycles. The zero-order valence-corrected chi connectivity index (χ0v) is 16.1. The first kappa shape index (κ1) is 22.6. The number of nitrogens with zero attached hydrogens (tertiary/aromatic N) is 2. The zero-order chi connectivity index (χ0) is 20.4. The van der Waals surface area contributed by atoms with Crippen LogP contribution in [0.2, 0.25) is 0 Å². The van der Waals surface area contributed by atoms with E-state index < -0.39 is 12.8 Å². The van der Waals surface area contributed by atoms with Crippen LogP contribution in [0.1, 0.15) is 25.8 Å². The summed E-state index contributed by atoms with van der Waals surface area (Å²) in [5.41, 5.74) is 0.804. The summed E-state index contributed by atoms with van der Waals surface area (Å²) in [5.74, 6) is 0.560. The van der Waals surface area contributed by atoms with E-state index in [4.69, 9.17) is 0 Å². The number of guanidine groups is 1. The number of hydrogen-bond acceptors (Lipinski definition) is 3. The minimum absolute atomic E-state index is 0.0835. The molecular weight excluding hydrogens is 361 g/mol. The second kappa shape index (κ2) is 10.6. The minimum Gasteiger partial charge on any atom is -0.484 e. The normalized spacial score (nSPS) is 13.1. The molecule has 1 amide bonds. The highest BCUT2D eigenvalue weighted by molar-refractivity contribution is 5.86. The number of aliphatic imine (C=N–C) groups is 1. The Morgan fingerprint density at radius 2 is 1.89 bits per heavy atom. The number of carbonyl (C=O) groups excluding carboxylic acids is 1. The number of benzene rings is 1. The van der Waals surface area contributed by atoms with E-state index in [9.17, 15) is 18.0 Å². The van der Waals surface area contributed by atoms with Crippen LogP contribution in [0.15, 0.2) is 29.3 Å². The van der Waals surface area contributed by atoms with Gasteiger partial charge in [0.1, 0.15) is 5.75 Å². The molecule has 0 heterocycles. The average molecular weight is 388 g/mol. The molecule has 0 radical (unpaired) electrons. The lowest BCUT2D eigenvalue weighted by Crippen LogP contribution is -2.45. The Morgan fingerprint density at radius 1 is 1.26 bits per heavy atom. The molecule has 27 heavy (non-hydrogen) atoms. The molecule has 9 heteroatoms. The molecule has 0 bridgehead atoms. The summed E-state index contributed by atoms with van der Waals surface area (Å²) in [6.45, 7) is 3.12. The van der Waals surface area contributed by atoms with Crippen molar-refractivity contribution in [1.29, 1.82) is 0 Å². The number of nitrogens with one attached hydrogen (secondary N) is 2. The highest BCUT2D eigenvalue weighted by Gasteiger charge is 2.28. The second-order valence-corrected chi connectivity index (χ2v) is 6.31. The Balaban J connectivity index is 2.69. The predicted molar refractivity (Wildman–Crippen MR) is 98.7 cm³/mol. The van der Waals surface area contributed by atoms with Crippen LogP contribution in [0.4, 0.5) is 13.2 Å². The van der Waals surface area contributed by atoms with Crippen LogP contribution < -0.4 is 15.4 Å². The lowest BCUT2D eigenvalue weighted by Gasteiger charge is -2.18. The van der Waals surface area contributed by atoms with Gasteiger partial charge >= 0.3 is 6.18 Å². The fraction of sp³-hybridized carbons (Fsp3) is 0.556. The van der Waals surface area contributed by atoms with Crippen molar-refractivity contribution in [3.8, 4) is 5.75 Å². The highest BCUT2D eigenvalue weighted by Crippen LogP contribution is 2.19. The van der Waals surface area contributed by atoms with Gasteiger partial charge in [0.2, 0.25) is 5.91 Å². The van der Waals surface area contributed by atoms with Crippen LogP contribution in [-0.4, -0.2) is 56.2 Å². The summed E-state index contributed by atoms with van der Waals surface area (Å²) in [6.07, 6.45) is -3.48. The number of hydrogen-bond donors (Lipinski definition) is 2. The van der Waals surface area contributed by atoms with Crippen LogP contribution in [0.25, 0.3) is 0 Å². The molecule has 0 aliphatic rings. The maximum absolute atomic E-state index is 12.2. The molecule has 1 rings (SSSR count). The van der Waals surface area contributed by atoms with Crippen LogP contribution in [-0.2, 0) is 11.3 Å². The molecule has 152 valence electrons. The van der Waals surface area contributed by atoms with Gasteiger partial charge in [-0.1, -0.05) is 19.1 Å². The van der Waals surface area contributed by atoms with Gasteiger partial charge < -0.3 is 20.3 Å². The molecule has 0 aliphatic carbocycles. The molecule has 0 aliphatic heterocycles. The van der Waals surface area contributed by atoms with E-state index in [0.717, 1.165) is 12.0 Å². The Labute approximate surface area is 157 Å². The smallest absolute Gasteiger partial charge is 0.422 e. The molecule has 0 aromatic heterocycles. The maximum atomic E-state index is 12.2. The largest absolute Gasteiger partial charge is 0.484 e. The second-order valence-electron chi connectivity index (χ2n) is 6.31. The van der Waals surface area contributed by atoms with Crippen molar-refractivity contribution in [2.45, 2.75) is 39.0 Å². The standard InChI is InChI=1S/C18H27F3N4O2/c1-5-13(2)24-17(23-11-16(26)25(3)4)22-10-14-6-8-15(9-7-14)27-12-18(19,20)21/h6-9,13H,5,10-12H2,1-4H3,(H2,22,23,24). The summed E-state index contributed by atoms with van der Waals surface area (Å²) >= 11 is 0. The molecule has 1 aromatic rings. The Kier molecular flexibility index (Phi) is 8.90. The quantitative estimate of drug-likeness (QED) is 0.531. The summed E-state index contributed by atoms with van der Waals surface area (Å²) in [7, 11) is 3.34. The summed E-state index contributed by atoms with van der Waals surface area (Å²) < 4.78 is 41.2. The predicted octanol–water partition coefficient (Wildman–Crippen LogP) is 2.55. The fourth-order valence-electron chi connectivity index (χ4n) is 1.83. The van der Waals surface area contributed by atoms with Crippen molar-refractivity contribution in [1.82, 2.24) is 15.5 Å². The van der Waals surface area contributed by atoms with E-state index in [1.807, 2.05) is 13.8 Å². The Morgan fingerprint density at radius 3 is 2.41 bits per heavy atom. The lowest BCUT2D eigenvalue weighted by molar-refractivity contribution is -0.153. The van der Waals surface area contributed by atoms with Gasteiger partial charge in [0.25, 0.3) is 0 Å². The molecule has 0 spiro atoms. The first-order valence-electron chi connectivity index (χ1n) is 8.64. The molecule has 1 aromatic carbocycles. The monoisotopic (exact) mass is 388 g/mol. The van der Waals surface area contributed by atoms with E-state index in [2.05, 4.69) is 20.4 Å². The molecule has 2 N–H and O–H groups in total. The Hall–Kier alpha value is -2.45. The van der Waals surface area contributed by atoms with E-state index >= 15 is 0 Å². The number of likely N-dealkylation sites (N-methyl/N-ethyl adjacent to an activating group) is 1. The highest BCUT2D eigenvalue weighted by atomic mass is 19.4. The molecule has 0 saturated heterocycles. The van der Waals surface area contributed by atoms with Crippen molar-refractivity contribution >= 4 is 11.9 Å². The molecule has 1 atom stereocenters. The van der Waals surface area contributed by atoms with Gasteiger partial charge in [-0.15, -0.1) is 0 Å². The molecule has 0 fully saturated rings. The topological polar surface area (TPSA) is 66.0 Å². The number of amides is 1. The number of ether oxygens (including phenoxy) is 1. The average Bonchev–Trinajstić information content (AvgIpc) is 2.61. The van der Waals surface area contributed by atoms with E-state index in [0.29, 0.717) is 12.5 Å². The van der Waals surface area contributed by atoms with Crippen LogP contribution in [0.3, 0.4) is 0 Å². The minimum atomic E-state index is -4.37. The van der Waals surface area contributed by atoms with Crippen molar-refractivity contribution < 1.29 is 22.7 Å². The van der Waals surface area contributed by atoms with Gasteiger partial charge in [0.05, 0.1) is 13.1 Å². The molecule has 6 nitrogen and oxygen atoms in total. The lowest BCUT2D eigenvalue weighted by atomic mass is 10.2. The number of carbonyl (C=O) groups is 1. The van der Waals surface area contributed by atoms with Gasteiger partial charge in [-0.3, -0.25) is 4.79 Å². The zero-order valence-electron chi connectivity index (χ0n) is 16.1. The first-order valence-corrected chi connectivity index (χ1v) is 8.64. The SMILES string of the molecule is CCC(C)NC(=NCc1ccc(OCC(F)(F)F)cc1)NCC(=O)N(C)C. The Bertz CT molecular complexity index is 616. The number of halogens is 3. The van der Waals surface area contributed by atoms with Gasteiger partial charge in [-0.05, 0) is 31.0 Å². The van der Waals surface area contributed by atoms with Crippen LogP contribution in [0, 0.1) is 0 Å². The molecular formula is C18H27F3N4O2. The maximum Gasteiger partial charge on any atom is 0.422 e. The van der Waals surface area contributed by atoms with E-state index in [1.165, 1.54) is 17.0 Å². The van der Waals surface area contributed by atoms with Gasteiger partial charge in [-0.25, -0.2) is 4.99 Å². The third kappa shape index (κ3) is 9.72. The van der Waals surface area contributed by atoms with Crippen molar-refractivity contribution in [3.63, 3.8) is 0 Å². The van der Waals surface area contributed by atoms with Crippen molar-refractivity contribution in [3.05, 3.63) is 29.8 Å². The molecule has 1 unspecified atom stereocenters. The number of alkyl halides is 3. The third-order valence-electron chi connectivity index (χ3n) is 3.65. The fourth-order valence-corrected chi connectivity index (χ4v) is 1.83. The van der Waals surface area contributed by atoms with Crippen molar-refractivity contribution in [2.75, 3.05) is 27.2 Å². The van der Waals surface area contributed by atoms with Crippen LogP contribution in [0.5, 0.6) is 5.75 Å². The van der Waals surface area contributed by atoms with E-state index in [1.54, 1.807) is 26.2 Å². The third-order valence-corrected chi connectivity index (χ3v) is 3.65. The van der Waals surface area contributed by atoms with Gasteiger partial charge in [-0.2, -0.15) is 13.2 Å². The summed E-state index contributed by atoms with van der Waals surface area (Å²) in [5, 5.41) is 6.18.